The Bertz CT molecular complexity index is 151. The number of likely N-dealkylation sites (N-methyl/N-ethyl adjacent to an activating group) is 1. The van der Waals surface area contributed by atoms with Crippen molar-refractivity contribution in [2.75, 3.05) is 13.1 Å². The first-order valence-corrected chi connectivity index (χ1v) is 3.89. The quantitative estimate of drug-likeness (QED) is 0.588. The van der Waals surface area contributed by atoms with Crippen LogP contribution >= 0.6 is 0 Å². The summed E-state index contributed by atoms with van der Waals surface area (Å²) in [5.74, 6) is -0.0901. The molecule has 1 aliphatic heterocycles. The third-order valence-corrected chi connectivity index (χ3v) is 1.74. The van der Waals surface area contributed by atoms with Gasteiger partial charge in [0, 0.05) is 19.5 Å². The molecule has 4 heteroatoms. The normalized spacial score (nSPS) is 30.4. The highest BCUT2D eigenvalue weighted by Gasteiger charge is 2.28. The number of amides is 1. The van der Waals surface area contributed by atoms with Gasteiger partial charge >= 0.3 is 0 Å². The van der Waals surface area contributed by atoms with Gasteiger partial charge in [-0.15, -0.1) is 0 Å². The summed E-state index contributed by atoms with van der Waals surface area (Å²) in [5, 5.41) is 5.44. The van der Waals surface area contributed by atoms with Crippen molar-refractivity contribution in [1.29, 1.82) is 0 Å². The van der Waals surface area contributed by atoms with Crippen molar-refractivity contribution in [3.63, 3.8) is 0 Å². The summed E-state index contributed by atoms with van der Waals surface area (Å²) < 4.78 is 12.5. The zero-order valence-corrected chi connectivity index (χ0v) is 6.56. The lowest BCUT2D eigenvalue weighted by molar-refractivity contribution is -0.122. The lowest BCUT2D eigenvalue weighted by Crippen LogP contribution is -2.40. The lowest BCUT2D eigenvalue weighted by Gasteiger charge is -2.08. The fraction of sp³-hybridized carbons (Fsp3) is 0.857. The number of carbonyl (C=O) groups excluding carboxylic acids is 1. The van der Waals surface area contributed by atoms with Crippen molar-refractivity contribution in [3.8, 4) is 0 Å². The third-order valence-electron chi connectivity index (χ3n) is 1.74. The Balaban J connectivity index is 2.31. The van der Waals surface area contributed by atoms with Gasteiger partial charge in [-0.2, -0.15) is 0 Å². The SMILES string of the molecule is CCNC(=O)C1CC(F)CN1. The second-order valence-electron chi connectivity index (χ2n) is 2.69. The Morgan fingerprint density at radius 2 is 2.55 bits per heavy atom. The van der Waals surface area contributed by atoms with Crippen LogP contribution < -0.4 is 10.6 Å². The molecular formula is C7H13FN2O. The summed E-state index contributed by atoms with van der Waals surface area (Å²) >= 11 is 0. The Hall–Kier alpha value is -0.640. The summed E-state index contributed by atoms with van der Waals surface area (Å²) in [7, 11) is 0. The van der Waals surface area contributed by atoms with Gasteiger partial charge in [0.25, 0.3) is 0 Å². The molecule has 2 atom stereocenters. The molecule has 3 nitrogen and oxygen atoms in total. The van der Waals surface area contributed by atoms with Crippen LogP contribution in [-0.2, 0) is 4.79 Å². The van der Waals surface area contributed by atoms with Crippen LogP contribution in [0, 0.1) is 0 Å². The average Bonchev–Trinajstić information content (AvgIpc) is 2.36. The van der Waals surface area contributed by atoms with Crippen LogP contribution in [0.1, 0.15) is 13.3 Å². The van der Waals surface area contributed by atoms with E-state index in [1.54, 1.807) is 0 Å². The maximum Gasteiger partial charge on any atom is 0.237 e. The minimum absolute atomic E-state index is 0.0901. The molecule has 0 spiro atoms. The molecule has 2 unspecified atom stereocenters. The van der Waals surface area contributed by atoms with E-state index in [0.29, 0.717) is 19.5 Å². The van der Waals surface area contributed by atoms with Gasteiger partial charge in [-0.1, -0.05) is 0 Å². The minimum Gasteiger partial charge on any atom is -0.355 e. The fourth-order valence-corrected chi connectivity index (χ4v) is 1.19. The topological polar surface area (TPSA) is 41.1 Å². The first-order valence-electron chi connectivity index (χ1n) is 3.89. The molecule has 1 rings (SSSR count). The highest BCUT2D eigenvalue weighted by molar-refractivity contribution is 5.82. The lowest BCUT2D eigenvalue weighted by atomic mass is 10.2. The summed E-state index contributed by atoms with van der Waals surface area (Å²) in [6.45, 7) is 2.76. The van der Waals surface area contributed by atoms with Crippen LogP contribution in [0.5, 0.6) is 0 Å². The third kappa shape index (κ3) is 2.15. The van der Waals surface area contributed by atoms with Crippen molar-refractivity contribution >= 4 is 5.91 Å². The first-order chi connectivity index (χ1) is 5.24. The maximum atomic E-state index is 12.5. The molecule has 0 aromatic heterocycles. The van der Waals surface area contributed by atoms with E-state index in [1.807, 2.05) is 6.92 Å². The van der Waals surface area contributed by atoms with Gasteiger partial charge < -0.3 is 10.6 Å². The van der Waals surface area contributed by atoms with E-state index < -0.39 is 6.17 Å². The highest BCUT2D eigenvalue weighted by atomic mass is 19.1. The summed E-state index contributed by atoms with van der Waals surface area (Å²) in [6.07, 6.45) is -0.547. The average molecular weight is 160 g/mol. The van der Waals surface area contributed by atoms with Crippen molar-refractivity contribution < 1.29 is 9.18 Å². The van der Waals surface area contributed by atoms with E-state index in [9.17, 15) is 9.18 Å². The van der Waals surface area contributed by atoms with E-state index in [-0.39, 0.29) is 11.9 Å². The molecule has 1 fully saturated rings. The van der Waals surface area contributed by atoms with Gasteiger partial charge in [-0.25, -0.2) is 4.39 Å². The highest BCUT2D eigenvalue weighted by Crippen LogP contribution is 2.09. The van der Waals surface area contributed by atoms with Gasteiger partial charge in [-0.3, -0.25) is 4.79 Å². The summed E-state index contributed by atoms with van der Waals surface area (Å²) in [6, 6.07) is -0.315. The van der Waals surface area contributed by atoms with Crippen LogP contribution in [-0.4, -0.2) is 31.2 Å². The van der Waals surface area contributed by atoms with Crippen molar-refractivity contribution in [2.45, 2.75) is 25.6 Å². The summed E-state index contributed by atoms with van der Waals surface area (Å²) in [4.78, 5) is 11.1. The molecule has 0 aromatic rings. The van der Waals surface area contributed by atoms with Crippen LogP contribution in [0.2, 0.25) is 0 Å². The van der Waals surface area contributed by atoms with E-state index in [1.165, 1.54) is 0 Å². The molecule has 0 radical (unpaired) electrons. The predicted octanol–water partition coefficient (Wildman–Crippen LogP) is -0.177. The maximum absolute atomic E-state index is 12.5. The van der Waals surface area contributed by atoms with Crippen LogP contribution in [0.3, 0.4) is 0 Å². The van der Waals surface area contributed by atoms with E-state index in [0.717, 1.165) is 0 Å². The Labute approximate surface area is 65.3 Å². The second kappa shape index (κ2) is 3.67. The Kier molecular flexibility index (Phi) is 2.82. The Morgan fingerprint density at radius 1 is 1.82 bits per heavy atom. The molecule has 1 saturated heterocycles. The number of halogens is 1. The molecule has 0 saturated carbocycles. The number of carbonyl (C=O) groups is 1. The molecule has 1 aliphatic rings. The molecule has 11 heavy (non-hydrogen) atoms. The van der Waals surface area contributed by atoms with Crippen LogP contribution in [0.15, 0.2) is 0 Å². The van der Waals surface area contributed by atoms with E-state index >= 15 is 0 Å². The minimum atomic E-state index is -0.859. The fourth-order valence-electron chi connectivity index (χ4n) is 1.19. The molecule has 1 amide bonds. The van der Waals surface area contributed by atoms with Crippen molar-refractivity contribution in [3.05, 3.63) is 0 Å². The Morgan fingerprint density at radius 3 is 3.00 bits per heavy atom. The molecule has 0 aromatic carbocycles. The molecule has 1 heterocycles. The largest absolute Gasteiger partial charge is 0.355 e. The van der Waals surface area contributed by atoms with Gasteiger partial charge in [-0.05, 0) is 6.92 Å². The molecule has 0 aliphatic carbocycles. The van der Waals surface area contributed by atoms with Gasteiger partial charge in [0.2, 0.25) is 5.91 Å². The molecule has 0 bridgehead atoms. The smallest absolute Gasteiger partial charge is 0.237 e. The number of nitrogens with one attached hydrogen (secondary N) is 2. The zero-order chi connectivity index (χ0) is 8.27. The number of alkyl halides is 1. The number of hydrogen-bond acceptors (Lipinski definition) is 2. The van der Waals surface area contributed by atoms with Gasteiger partial charge in [0.05, 0.1) is 6.04 Å². The number of rotatable bonds is 2. The van der Waals surface area contributed by atoms with Crippen molar-refractivity contribution in [1.82, 2.24) is 10.6 Å². The second-order valence-corrected chi connectivity index (χ2v) is 2.69. The summed E-state index contributed by atoms with van der Waals surface area (Å²) in [5.41, 5.74) is 0. The molecule has 2 N–H and O–H groups in total. The number of hydrogen-bond donors (Lipinski definition) is 2. The first kappa shape index (κ1) is 8.46. The van der Waals surface area contributed by atoms with Gasteiger partial charge in [0.1, 0.15) is 6.17 Å². The zero-order valence-electron chi connectivity index (χ0n) is 6.56. The monoisotopic (exact) mass is 160 g/mol. The van der Waals surface area contributed by atoms with Crippen LogP contribution in [0.25, 0.3) is 0 Å². The molecule has 64 valence electrons. The van der Waals surface area contributed by atoms with Crippen molar-refractivity contribution in [2.24, 2.45) is 0 Å². The van der Waals surface area contributed by atoms with E-state index in [4.69, 9.17) is 0 Å². The van der Waals surface area contributed by atoms with Gasteiger partial charge in [0.15, 0.2) is 0 Å². The standard InChI is InChI=1S/C7H13FN2O/c1-2-9-7(11)6-3-5(8)4-10-6/h5-6,10H,2-4H2,1H3,(H,9,11). The van der Waals surface area contributed by atoms with E-state index in [2.05, 4.69) is 10.6 Å². The molecular weight excluding hydrogens is 147 g/mol. The predicted molar refractivity (Wildman–Crippen MR) is 40.0 cm³/mol. The van der Waals surface area contributed by atoms with Crippen LogP contribution in [0.4, 0.5) is 4.39 Å².